The predicted molar refractivity (Wildman–Crippen MR) is 90.0 cm³/mol. The summed E-state index contributed by atoms with van der Waals surface area (Å²) in [5, 5.41) is 19.1. The zero-order chi connectivity index (χ0) is 15.6. The zero-order valence-corrected chi connectivity index (χ0v) is 13.0. The molecule has 114 valence electrons. The second kappa shape index (κ2) is 5.99. The SMILES string of the molecule is C#CC1(O)CCCC(NC(=O)Nc2ccc3ccsc3c2)C1. The van der Waals surface area contributed by atoms with Crippen LogP contribution in [-0.2, 0) is 0 Å². The van der Waals surface area contributed by atoms with Crippen LogP contribution in [0.4, 0.5) is 10.5 Å². The Hall–Kier alpha value is -2.03. The Morgan fingerprint density at radius 1 is 1.45 bits per heavy atom. The van der Waals surface area contributed by atoms with E-state index in [1.165, 1.54) is 5.39 Å². The standard InChI is InChI=1S/C17H18N2O2S/c1-2-17(21)8-3-4-14(11-17)19-16(20)18-13-6-5-12-7-9-22-15(12)10-13/h1,5-7,9-10,14,21H,3-4,8,11H2,(H2,18,19,20). The second-order valence-electron chi connectivity index (χ2n) is 5.74. The topological polar surface area (TPSA) is 61.4 Å². The molecule has 1 aliphatic rings. The molecule has 1 saturated carbocycles. The minimum Gasteiger partial charge on any atom is -0.378 e. The van der Waals surface area contributed by atoms with Crippen molar-refractivity contribution in [3.8, 4) is 12.3 Å². The lowest BCUT2D eigenvalue weighted by molar-refractivity contribution is 0.0490. The van der Waals surface area contributed by atoms with Crippen molar-refractivity contribution >= 4 is 33.1 Å². The number of hydrogen-bond acceptors (Lipinski definition) is 3. The van der Waals surface area contributed by atoms with Gasteiger partial charge in [-0.2, -0.15) is 0 Å². The molecule has 1 aromatic heterocycles. The molecule has 2 unspecified atom stereocenters. The number of aliphatic hydroxyl groups is 1. The van der Waals surface area contributed by atoms with Crippen LogP contribution in [-0.4, -0.2) is 22.8 Å². The fraction of sp³-hybridized carbons (Fsp3) is 0.353. The average Bonchev–Trinajstić information content (AvgIpc) is 2.95. The Labute approximate surface area is 133 Å². The maximum absolute atomic E-state index is 12.1. The molecular formula is C17H18N2O2S. The smallest absolute Gasteiger partial charge is 0.319 e. The molecule has 1 aliphatic carbocycles. The molecule has 3 N–H and O–H groups in total. The molecule has 5 heteroatoms. The Balaban J connectivity index is 1.61. The number of rotatable bonds is 2. The highest BCUT2D eigenvalue weighted by atomic mass is 32.1. The monoisotopic (exact) mass is 314 g/mol. The Bertz CT molecular complexity index is 734. The van der Waals surface area contributed by atoms with Crippen LogP contribution in [0.2, 0.25) is 0 Å². The lowest BCUT2D eigenvalue weighted by atomic mass is 9.82. The number of amides is 2. The molecule has 4 nitrogen and oxygen atoms in total. The Kier molecular flexibility index (Phi) is 4.06. The van der Waals surface area contributed by atoms with Gasteiger partial charge in [-0.3, -0.25) is 0 Å². The van der Waals surface area contributed by atoms with Gasteiger partial charge in [-0.25, -0.2) is 4.79 Å². The average molecular weight is 314 g/mol. The highest BCUT2D eigenvalue weighted by Gasteiger charge is 2.33. The minimum absolute atomic E-state index is 0.0970. The number of nitrogens with one attached hydrogen (secondary N) is 2. The number of terminal acetylenes is 1. The number of thiophene rings is 1. The highest BCUT2D eigenvalue weighted by Crippen LogP contribution is 2.28. The summed E-state index contributed by atoms with van der Waals surface area (Å²) in [6.07, 6.45) is 8.02. The first-order chi connectivity index (χ1) is 10.6. The zero-order valence-electron chi connectivity index (χ0n) is 12.1. The van der Waals surface area contributed by atoms with E-state index in [1.807, 2.05) is 29.6 Å². The molecule has 0 spiro atoms. The third-order valence-electron chi connectivity index (χ3n) is 4.04. The van der Waals surface area contributed by atoms with E-state index >= 15 is 0 Å². The number of fused-ring (bicyclic) bond motifs is 1. The van der Waals surface area contributed by atoms with Crippen LogP contribution in [0.5, 0.6) is 0 Å². The summed E-state index contributed by atoms with van der Waals surface area (Å²) in [5.41, 5.74) is -0.331. The van der Waals surface area contributed by atoms with E-state index in [2.05, 4.69) is 16.6 Å². The van der Waals surface area contributed by atoms with Crippen LogP contribution >= 0.6 is 11.3 Å². The summed E-state index contributed by atoms with van der Waals surface area (Å²) in [4.78, 5) is 12.1. The molecule has 2 amide bonds. The Morgan fingerprint density at radius 2 is 2.32 bits per heavy atom. The fourth-order valence-corrected chi connectivity index (χ4v) is 3.72. The first kappa shape index (κ1) is 14.9. The van der Waals surface area contributed by atoms with Gasteiger partial charge in [0.1, 0.15) is 5.60 Å². The van der Waals surface area contributed by atoms with Gasteiger partial charge in [-0.05, 0) is 48.2 Å². The fourth-order valence-electron chi connectivity index (χ4n) is 2.89. The van der Waals surface area contributed by atoms with E-state index < -0.39 is 5.60 Å². The molecule has 3 rings (SSSR count). The quantitative estimate of drug-likeness (QED) is 0.745. The van der Waals surface area contributed by atoms with E-state index in [0.717, 1.165) is 23.2 Å². The number of carbonyl (C=O) groups is 1. The summed E-state index contributed by atoms with van der Waals surface area (Å²) >= 11 is 1.64. The molecule has 1 heterocycles. The number of benzene rings is 1. The summed E-state index contributed by atoms with van der Waals surface area (Å²) in [7, 11) is 0. The van der Waals surface area contributed by atoms with Crippen molar-refractivity contribution in [3.63, 3.8) is 0 Å². The summed E-state index contributed by atoms with van der Waals surface area (Å²) in [5.74, 6) is 2.44. The first-order valence-electron chi connectivity index (χ1n) is 7.33. The summed E-state index contributed by atoms with van der Waals surface area (Å²) < 4.78 is 1.14. The maximum Gasteiger partial charge on any atom is 0.319 e. The maximum atomic E-state index is 12.1. The van der Waals surface area contributed by atoms with Crippen molar-refractivity contribution in [1.82, 2.24) is 5.32 Å². The van der Waals surface area contributed by atoms with Crippen molar-refractivity contribution in [2.75, 3.05) is 5.32 Å². The third kappa shape index (κ3) is 3.24. The van der Waals surface area contributed by atoms with Crippen LogP contribution in [0, 0.1) is 12.3 Å². The van der Waals surface area contributed by atoms with Crippen molar-refractivity contribution in [1.29, 1.82) is 0 Å². The molecule has 1 aromatic carbocycles. The van der Waals surface area contributed by atoms with Crippen LogP contribution < -0.4 is 10.6 Å². The molecule has 2 aromatic rings. The number of anilines is 1. The number of urea groups is 1. The number of carbonyl (C=O) groups excluding carboxylic acids is 1. The van der Waals surface area contributed by atoms with E-state index in [1.54, 1.807) is 11.3 Å². The third-order valence-corrected chi connectivity index (χ3v) is 4.92. The molecule has 2 atom stereocenters. The molecule has 1 fully saturated rings. The minimum atomic E-state index is -1.09. The predicted octanol–water partition coefficient (Wildman–Crippen LogP) is 3.33. The van der Waals surface area contributed by atoms with Crippen LogP contribution in [0.3, 0.4) is 0 Å². The lowest BCUT2D eigenvalue weighted by Gasteiger charge is -2.33. The van der Waals surface area contributed by atoms with Crippen LogP contribution in [0.15, 0.2) is 29.6 Å². The molecule has 0 bridgehead atoms. The van der Waals surface area contributed by atoms with Gasteiger partial charge in [-0.15, -0.1) is 17.8 Å². The Morgan fingerprint density at radius 3 is 3.14 bits per heavy atom. The van der Waals surface area contributed by atoms with Gasteiger partial charge < -0.3 is 15.7 Å². The van der Waals surface area contributed by atoms with Gasteiger partial charge in [-0.1, -0.05) is 12.0 Å². The van der Waals surface area contributed by atoms with Gasteiger partial charge in [0.05, 0.1) is 0 Å². The van der Waals surface area contributed by atoms with Gasteiger partial charge in [0.15, 0.2) is 0 Å². The second-order valence-corrected chi connectivity index (χ2v) is 6.69. The first-order valence-corrected chi connectivity index (χ1v) is 8.21. The van der Waals surface area contributed by atoms with Gasteiger partial charge in [0.2, 0.25) is 0 Å². The normalized spacial score (nSPS) is 24.6. The summed E-state index contributed by atoms with van der Waals surface area (Å²) in [6, 6.07) is 7.51. The van der Waals surface area contributed by atoms with Crippen molar-refractivity contribution in [3.05, 3.63) is 29.6 Å². The van der Waals surface area contributed by atoms with E-state index in [4.69, 9.17) is 6.42 Å². The highest BCUT2D eigenvalue weighted by molar-refractivity contribution is 7.17. The lowest BCUT2D eigenvalue weighted by Crippen LogP contribution is -2.46. The molecular weight excluding hydrogens is 296 g/mol. The van der Waals surface area contributed by atoms with Crippen molar-refractivity contribution < 1.29 is 9.90 Å². The van der Waals surface area contributed by atoms with Gasteiger partial charge >= 0.3 is 6.03 Å². The largest absolute Gasteiger partial charge is 0.378 e. The number of hydrogen-bond donors (Lipinski definition) is 3. The molecule has 0 radical (unpaired) electrons. The van der Waals surface area contributed by atoms with Crippen LogP contribution in [0.1, 0.15) is 25.7 Å². The van der Waals surface area contributed by atoms with Gasteiger partial charge in [0, 0.05) is 22.8 Å². The molecule has 0 aliphatic heterocycles. The van der Waals surface area contributed by atoms with Crippen molar-refractivity contribution in [2.24, 2.45) is 0 Å². The van der Waals surface area contributed by atoms with Crippen molar-refractivity contribution in [2.45, 2.75) is 37.3 Å². The van der Waals surface area contributed by atoms with Gasteiger partial charge in [0.25, 0.3) is 0 Å². The van der Waals surface area contributed by atoms with E-state index in [0.29, 0.717) is 12.8 Å². The van der Waals surface area contributed by atoms with E-state index in [-0.39, 0.29) is 12.1 Å². The van der Waals surface area contributed by atoms with Crippen LogP contribution in [0.25, 0.3) is 10.1 Å². The molecule has 0 saturated heterocycles. The summed E-state index contributed by atoms with van der Waals surface area (Å²) in [6.45, 7) is 0. The van der Waals surface area contributed by atoms with E-state index in [9.17, 15) is 9.90 Å². The molecule has 22 heavy (non-hydrogen) atoms.